The summed E-state index contributed by atoms with van der Waals surface area (Å²) in [5, 5.41) is 2.99. The second-order valence-corrected chi connectivity index (χ2v) is 5.10. The van der Waals surface area contributed by atoms with Crippen LogP contribution in [0.1, 0.15) is 25.0 Å². The molecule has 0 saturated carbocycles. The molecule has 0 unspecified atom stereocenters. The van der Waals surface area contributed by atoms with Crippen molar-refractivity contribution in [3.8, 4) is 0 Å². The maximum Gasteiger partial charge on any atom is 0.123 e. The molecule has 1 aromatic carbocycles. The second-order valence-electron chi connectivity index (χ2n) is 5.10. The van der Waals surface area contributed by atoms with Gasteiger partial charge in [-0.25, -0.2) is 4.39 Å². The molecule has 0 aromatic heterocycles. The van der Waals surface area contributed by atoms with E-state index in [2.05, 4.69) is 24.9 Å². The van der Waals surface area contributed by atoms with E-state index in [0.717, 1.165) is 22.3 Å². The Balaban J connectivity index is 2.97. The van der Waals surface area contributed by atoms with Gasteiger partial charge in [-0.05, 0) is 73.9 Å². The fourth-order valence-electron chi connectivity index (χ4n) is 1.98. The summed E-state index contributed by atoms with van der Waals surface area (Å²) in [6, 6.07) is 4.88. The molecular weight excluding hydrogens is 261 g/mol. The zero-order valence-electron chi connectivity index (χ0n) is 13.3. The lowest BCUT2D eigenvalue weighted by molar-refractivity contribution is 0.625. The molecule has 0 spiro atoms. The Morgan fingerprint density at radius 2 is 2.10 bits per heavy atom. The Hall–Kier alpha value is -2.09. The van der Waals surface area contributed by atoms with E-state index in [-0.39, 0.29) is 5.82 Å². The summed E-state index contributed by atoms with van der Waals surface area (Å²) in [7, 11) is 1.87. The first-order valence-corrected chi connectivity index (χ1v) is 7.09. The van der Waals surface area contributed by atoms with Crippen LogP contribution in [-0.4, -0.2) is 7.05 Å². The lowest BCUT2D eigenvalue weighted by atomic mass is 9.98. The molecular formula is C19H24FN. The fraction of sp³-hybridized carbons (Fsp3) is 0.263. The quantitative estimate of drug-likeness (QED) is 0.736. The first-order chi connectivity index (χ1) is 9.97. The SMILES string of the molecule is C=C(/C=C(/C=C/NC)C(\C)=C/C)Cc1cc(F)ccc1C. The minimum atomic E-state index is -0.202. The summed E-state index contributed by atoms with van der Waals surface area (Å²) in [5.41, 5.74) is 5.30. The minimum absolute atomic E-state index is 0.202. The second kappa shape index (κ2) is 8.25. The van der Waals surface area contributed by atoms with Crippen molar-refractivity contribution in [1.82, 2.24) is 5.32 Å². The summed E-state index contributed by atoms with van der Waals surface area (Å²) in [4.78, 5) is 0. The van der Waals surface area contributed by atoms with Crippen molar-refractivity contribution in [3.05, 3.63) is 82.9 Å². The molecule has 112 valence electrons. The third-order valence-corrected chi connectivity index (χ3v) is 3.41. The van der Waals surface area contributed by atoms with Gasteiger partial charge in [0, 0.05) is 7.05 Å². The molecule has 1 rings (SSSR count). The Kier molecular flexibility index (Phi) is 6.67. The summed E-state index contributed by atoms with van der Waals surface area (Å²) in [5.74, 6) is -0.202. The van der Waals surface area contributed by atoms with E-state index in [1.807, 2.05) is 39.2 Å². The van der Waals surface area contributed by atoms with E-state index in [1.54, 1.807) is 12.1 Å². The highest BCUT2D eigenvalue weighted by Crippen LogP contribution is 2.18. The standard InChI is InChI=1S/C19H24FN/c1-6-15(3)17(9-10-21-5)11-14(2)12-18-13-19(20)8-7-16(18)4/h6-11,13,21H,2,12H2,1,3-5H3/b10-9+,15-6-,17-11-. The van der Waals surface area contributed by atoms with E-state index >= 15 is 0 Å². The molecule has 0 amide bonds. The molecule has 0 radical (unpaired) electrons. The predicted molar refractivity (Wildman–Crippen MR) is 89.7 cm³/mol. The zero-order chi connectivity index (χ0) is 15.8. The van der Waals surface area contributed by atoms with Gasteiger partial charge in [0.25, 0.3) is 0 Å². The topological polar surface area (TPSA) is 12.0 Å². The molecule has 0 aliphatic rings. The number of rotatable bonds is 6. The largest absolute Gasteiger partial charge is 0.394 e. The van der Waals surface area contributed by atoms with Crippen molar-refractivity contribution in [2.45, 2.75) is 27.2 Å². The zero-order valence-corrected chi connectivity index (χ0v) is 13.3. The smallest absolute Gasteiger partial charge is 0.123 e. The Bertz CT molecular complexity index is 592. The van der Waals surface area contributed by atoms with Gasteiger partial charge in [0.2, 0.25) is 0 Å². The lowest BCUT2D eigenvalue weighted by Gasteiger charge is -2.08. The number of nitrogens with one attached hydrogen (secondary N) is 1. The minimum Gasteiger partial charge on any atom is -0.394 e. The van der Waals surface area contributed by atoms with Crippen LogP contribution in [0, 0.1) is 12.7 Å². The molecule has 0 atom stereocenters. The van der Waals surface area contributed by atoms with Gasteiger partial charge < -0.3 is 5.32 Å². The molecule has 0 bridgehead atoms. The van der Waals surface area contributed by atoms with Gasteiger partial charge in [0.1, 0.15) is 5.82 Å². The van der Waals surface area contributed by atoms with E-state index in [4.69, 9.17) is 0 Å². The van der Waals surface area contributed by atoms with Gasteiger partial charge in [-0.1, -0.05) is 30.4 Å². The molecule has 0 aliphatic heterocycles. The molecule has 1 N–H and O–H groups in total. The number of aryl methyl sites for hydroxylation is 1. The van der Waals surface area contributed by atoms with Crippen LogP contribution in [-0.2, 0) is 6.42 Å². The first-order valence-electron chi connectivity index (χ1n) is 7.09. The lowest BCUT2D eigenvalue weighted by Crippen LogP contribution is -1.95. The van der Waals surface area contributed by atoms with E-state index in [0.29, 0.717) is 6.42 Å². The van der Waals surface area contributed by atoms with E-state index in [1.165, 1.54) is 11.6 Å². The van der Waals surface area contributed by atoms with Crippen LogP contribution < -0.4 is 5.32 Å². The van der Waals surface area contributed by atoms with Crippen LogP contribution in [0.15, 0.2) is 65.9 Å². The molecule has 2 heteroatoms. The van der Waals surface area contributed by atoms with Crippen molar-refractivity contribution >= 4 is 0 Å². The van der Waals surface area contributed by atoms with Crippen molar-refractivity contribution in [2.24, 2.45) is 0 Å². The molecule has 0 heterocycles. The summed E-state index contributed by atoms with van der Waals surface area (Å²) in [6.45, 7) is 10.2. The van der Waals surface area contributed by atoms with Gasteiger partial charge in [0.15, 0.2) is 0 Å². The fourth-order valence-corrected chi connectivity index (χ4v) is 1.98. The van der Waals surface area contributed by atoms with Crippen LogP contribution in [0.5, 0.6) is 0 Å². The van der Waals surface area contributed by atoms with Crippen LogP contribution in [0.3, 0.4) is 0 Å². The predicted octanol–water partition coefficient (Wildman–Crippen LogP) is 4.86. The highest BCUT2D eigenvalue weighted by Gasteiger charge is 2.03. The monoisotopic (exact) mass is 285 g/mol. The Morgan fingerprint density at radius 3 is 2.71 bits per heavy atom. The maximum absolute atomic E-state index is 13.3. The van der Waals surface area contributed by atoms with E-state index in [9.17, 15) is 4.39 Å². The van der Waals surface area contributed by atoms with Crippen LogP contribution in [0.25, 0.3) is 0 Å². The third-order valence-electron chi connectivity index (χ3n) is 3.41. The van der Waals surface area contributed by atoms with E-state index < -0.39 is 0 Å². The molecule has 1 nitrogen and oxygen atoms in total. The number of allylic oxidation sites excluding steroid dienone is 6. The first kappa shape index (κ1) is 17.0. The number of halogens is 1. The molecule has 1 aromatic rings. The summed E-state index contributed by atoms with van der Waals surface area (Å²) >= 11 is 0. The van der Waals surface area contributed by atoms with Crippen LogP contribution in [0.4, 0.5) is 4.39 Å². The number of hydrogen-bond donors (Lipinski definition) is 1. The van der Waals surface area contributed by atoms with Crippen molar-refractivity contribution < 1.29 is 4.39 Å². The van der Waals surface area contributed by atoms with Gasteiger partial charge >= 0.3 is 0 Å². The van der Waals surface area contributed by atoms with Crippen molar-refractivity contribution in [3.63, 3.8) is 0 Å². The maximum atomic E-state index is 13.3. The van der Waals surface area contributed by atoms with Gasteiger partial charge in [-0.3, -0.25) is 0 Å². The Morgan fingerprint density at radius 1 is 1.38 bits per heavy atom. The van der Waals surface area contributed by atoms with Gasteiger partial charge in [-0.2, -0.15) is 0 Å². The Labute approximate surface area is 127 Å². The molecule has 0 fully saturated rings. The average molecular weight is 285 g/mol. The summed E-state index contributed by atoms with van der Waals surface area (Å²) in [6.07, 6.45) is 8.66. The summed E-state index contributed by atoms with van der Waals surface area (Å²) < 4.78 is 13.3. The number of benzene rings is 1. The third kappa shape index (κ3) is 5.42. The van der Waals surface area contributed by atoms with Crippen LogP contribution >= 0.6 is 0 Å². The molecule has 0 aliphatic carbocycles. The highest BCUT2D eigenvalue weighted by atomic mass is 19.1. The molecule has 0 saturated heterocycles. The number of hydrogen-bond acceptors (Lipinski definition) is 1. The van der Waals surface area contributed by atoms with Crippen molar-refractivity contribution in [2.75, 3.05) is 7.05 Å². The van der Waals surface area contributed by atoms with Crippen molar-refractivity contribution in [1.29, 1.82) is 0 Å². The molecule has 21 heavy (non-hydrogen) atoms. The normalized spacial score (nSPS) is 12.8. The van der Waals surface area contributed by atoms with Gasteiger partial charge in [-0.15, -0.1) is 0 Å². The average Bonchev–Trinajstić information content (AvgIpc) is 2.46. The van der Waals surface area contributed by atoms with Gasteiger partial charge in [0.05, 0.1) is 0 Å². The highest BCUT2D eigenvalue weighted by molar-refractivity contribution is 5.44. The van der Waals surface area contributed by atoms with Crippen LogP contribution in [0.2, 0.25) is 0 Å².